The predicted molar refractivity (Wildman–Crippen MR) is 210 cm³/mol. The summed E-state index contributed by atoms with van der Waals surface area (Å²) >= 11 is 0. The number of benzene rings is 7. The van der Waals surface area contributed by atoms with Crippen LogP contribution in [0, 0.1) is 0 Å². The minimum Gasteiger partial charge on any atom is -0.456 e. The molecule has 3 unspecified atom stereocenters. The van der Waals surface area contributed by atoms with E-state index in [1.54, 1.807) is 0 Å². The molecule has 0 radical (unpaired) electrons. The van der Waals surface area contributed by atoms with Gasteiger partial charge >= 0.3 is 0 Å². The lowest BCUT2D eigenvalue weighted by molar-refractivity contribution is 0.204. The molecule has 3 N–H and O–H groups in total. The van der Waals surface area contributed by atoms with Crippen LogP contribution in [0.4, 0.5) is 0 Å². The van der Waals surface area contributed by atoms with E-state index in [1.807, 2.05) is 18.3 Å². The second-order valence-corrected chi connectivity index (χ2v) is 13.7. The first kappa shape index (κ1) is 29.4. The second-order valence-electron chi connectivity index (χ2n) is 13.7. The molecule has 248 valence electrons. The van der Waals surface area contributed by atoms with E-state index >= 15 is 0 Å². The van der Waals surface area contributed by atoms with Gasteiger partial charge in [0.1, 0.15) is 16.7 Å². The van der Waals surface area contributed by atoms with Crippen molar-refractivity contribution in [2.24, 2.45) is 0 Å². The van der Waals surface area contributed by atoms with Crippen LogP contribution in [0.1, 0.15) is 35.2 Å². The zero-order valence-corrected chi connectivity index (χ0v) is 28.0. The third kappa shape index (κ3) is 4.73. The molecule has 7 aromatic carbocycles. The van der Waals surface area contributed by atoms with E-state index in [1.165, 1.54) is 21.7 Å². The molecule has 11 rings (SSSR count). The Morgan fingerprint density at radius 1 is 0.442 bits per heavy atom. The molecule has 0 amide bonds. The molecule has 1 fully saturated rings. The summed E-state index contributed by atoms with van der Waals surface area (Å²) in [5, 5.41) is 20.7. The average Bonchev–Trinajstić information content (AvgIpc) is 3.77. The first-order valence-electron chi connectivity index (χ1n) is 17.7. The molecule has 52 heavy (non-hydrogen) atoms. The molecular weight excluding hydrogens is 641 g/mol. The third-order valence-corrected chi connectivity index (χ3v) is 10.6. The minimum atomic E-state index is -0.143. The number of nitrogens with zero attached hydrogens (tertiary/aromatic N) is 1. The van der Waals surface area contributed by atoms with Gasteiger partial charge in [-0.05, 0) is 91.8 Å². The Hall–Kier alpha value is -6.31. The Morgan fingerprint density at radius 2 is 1.15 bits per heavy atom. The molecule has 0 saturated carbocycles. The zero-order valence-electron chi connectivity index (χ0n) is 28.0. The van der Waals surface area contributed by atoms with Crippen LogP contribution in [0.15, 0.2) is 167 Å². The van der Waals surface area contributed by atoms with Crippen molar-refractivity contribution < 1.29 is 8.83 Å². The first-order valence-corrected chi connectivity index (χ1v) is 17.7. The van der Waals surface area contributed by atoms with Gasteiger partial charge < -0.3 is 8.83 Å². The molecule has 1 saturated heterocycles. The molecule has 10 aromatic rings. The van der Waals surface area contributed by atoms with Crippen molar-refractivity contribution in [2.75, 3.05) is 0 Å². The van der Waals surface area contributed by atoms with E-state index in [9.17, 15) is 0 Å². The van der Waals surface area contributed by atoms with Crippen molar-refractivity contribution in [3.8, 4) is 11.1 Å². The standard InChI is InChI=1S/C46H32N4O2/c1-2-9-27(10-3-1)43-48-44(50-45(49-43)36-14-8-16-39-41(36)35-13-6-7-15-38(35)51-39)33-20-18-30-23-32(19-17-31(30)24-33)34-21-22-47-46-42(34)37-25-28-11-4-5-12-29(28)26-40(37)52-46/h1-26,43-45,48-50H. The minimum absolute atomic E-state index is 0.0834. The topological polar surface area (TPSA) is 75.3 Å². The molecule has 6 nitrogen and oxygen atoms in total. The zero-order chi connectivity index (χ0) is 34.2. The van der Waals surface area contributed by atoms with Crippen molar-refractivity contribution in [2.45, 2.75) is 18.5 Å². The Morgan fingerprint density at radius 3 is 2.06 bits per heavy atom. The summed E-state index contributed by atoms with van der Waals surface area (Å²) in [5.41, 5.74) is 9.03. The van der Waals surface area contributed by atoms with E-state index in [0.717, 1.165) is 65.9 Å². The van der Waals surface area contributed by atoms with E-state index in [-0.39, 0.29) is 18.5 Å². The van der Waals surface area contributed by atoms with E-state index in [4.69, 9.17) is 8.83 Å². The van der Waals surface area contributed by atoms with Crippen LogP contribution in [0.3, 0.4) is 0 Å². The Balaban J connectivity index is 0.986. The van der Waals surface area contributed by atoms with Crippen LogP contribution in [-0.2, 0) is 0 Å². The third-order valence-electron chi connectivity index (χ3n) is 10.6. The number of para-hydroxylation sites is 1. The highest BCUT2D eigenvalue weighted by molar-refractivity contribution is 6.15. The highest BCUT2D eigenvalue weighted by atomic mass is 16.3. The smallest absolute Gasteiger partial charge is 0.227 e. The average molecular weight is 673 g/mol. The number of pyridine rings is 1. The molecule has 0 aliphatic carbocycles. The summed E-state index contributed by atoms with van der Waals surface area (Å²) in [6.45, 7) is 0. The van der Waals surface area contributed by atoms with Crippen LogP contribution >= 0.6 is 0 Å². The van der Waals surface area contributed by atoms with Gasteiger partial charge in [-0.2, -0.15) is 0 Å². The molecular formula is C46H32N4O2. The first-order chi connectivity index (χ1) is 25.7. The number of rotatable bonds is 4. The largest absolute Gasteiger partial charge is 0.456 e. The van der Waals surface area contributed by atoms with Gasteiger partial charge in [-0.1, -0.05) is 109 Å². The summed E-state index contributed by atoms with van der Waals surface area (Å²) in [4.78, 5) is 4.61. The maximum Gasteiger partial charge on any atom is 0.227 e. The van der Waals surface area contributed by atoms with Crippen LogP contribution in [0.5, 0.6) is 0 Å². The Labute approximate surface area is 298 Å². The lowest BCUT2D eigenvalue weighted by Gasteiger charge is -2.40. The molecule has 6 heteroatoms. The van der Waals surface area contributed by atoms with Crippen molar-refractivity contribution in [1.82, 2.24) is 20.9 Å². The lowest BCUT2D eigenvalue weighted by atomic mass is 9.96. The van der Waals surface area contributed by atoms with E-state index < -0.39 is 0 Å². The van der Waals surface area contributed by atoms with Gasteiger partial charge in [0.05, 0.1) is 23.9 Å². The van der Waals surface area contributed by atoms with Gasteiger partial charge in [0.15, 0.2) is 0 Å². The lowest BCUT2D eigenvalue weighted by Crippen LogP contribution is -2.54. The highest BCUT2D eigenvalue weighted by Crippen LogP contribution is 2.40. The Kier molecular flexibility index (Phi) is 6.57. The van der Waals surface area contributed by atoms with Crippen molar-refractivity contribution in [3.05, 3.63) is 175 Å². The van der Waals surface area contributed by atoms with Crippen LogP contribution in [0.2, 0.25) is 0 Å². The van der Waals surface area contributed by atoms with E-state index in [2.05, 4.69) is 160 Å². The number of hydrogen-bond donors (Lipinski definition) is 3. The number of nitrogens with one attached hydrogen (secondary N) is 3. The fraction of sp³-hybridized carbons (Fsp3) is 0.0652. The summed E-state index contributed by atoms with van der Waals surface area (Å²) in [6.07, 6.45) is 1.49. The summed E-state index contributed by atoms with van der Waals surface area (Å²) in [6, 6.07) is 53.5. The summed E-state index contributed by atoms with van der Waals surface area (Å²) < 4.78 is 12.6. The van der Waals surface area contributed by atoms with Gasteiger partial charge in [-0.3, -0.25) is 16.0 Å². The van der Waals surface area contributed by atoms with Crippen LogP contribution in [0.25, 0.3) is 76.7 Å². The number of fused-ring (bicyclic) bond motifs is 8. The van der Waals surface area contributed by atoms with Gasteiger partial charge in [0.25, 0.3) is 0 Å². The molecule has 1 aliphatic rings. The highest BCUT2D eigenvalue weighted by Gasteiger charge is 2.31. The SMILES string of the molecule is c1ccc(C2NC(c3ccc4cc(-c5ccnc6oc7cc8ccccc8cc7c56)ccc4c3)NC(c3cccc4oc5ccccc5c34)N2)cc1. The fourth-order valence-electron chi connectivity index (χ4n) is 8.13. The summed E-state index contributed by atoms with van der Waals surface area (Å²) in [5.74, 6) is 0. The molecule has 3 atom stereocenters. The van der Waals surface area contributed by atoms with Crippen molar-refractivity contribution in [3.63, 3.8) is 0 Å². The molecule has 1 aliphatic heterocycles. The van der Waals surface area contributed by atoms with Crippen LogP contribution in [-0.4, -0.2) is 4.98 Å². The van der Waals surface area contributed by atoms with E-state index in [0.29, 0.717) is 5.71 Å². The van der Waals surface area contributed by atoms with Crippen LogP contribution < -0.4 is 16.0 Å². The maximum absolute atomic E-state index is 6.28. The summed E-state index contributed by atoms with van der Waals surface area (Å²) in [7, 11) is 0. The van der Waals surface area contributed by atoms with Crippen molar-refractivity contribution >= 4 is 65.6 Å². The normalized spacial score (nSPS) is 18.0. The van der Waals surface area contributed by atoms with Gasteiger partial charge in [-0.15, -0.1) is 0 Å². The maximum atomic E-state index is 6.28. The molecule has 0 spiro atoms. The molecule has 0 bridgehead atoms. The quantitative estimate of drug-likeness (QED) is 0.173. The monoisotopic (exact) mass is 672 g/mol. The predicted octanol–water partition coefficient (Wildman–Crippen LogP) is 11.0. The molecule has 3 aromatic heterocycles. The van der Waals surface area contributed by atoms with Gasteiger partial charge in [0, 0.05) is 22.4 Å². The van der Waals surface area contributed by atoms with Crippen molar-refractivity contribution in [1.29, 1.82) is 0 Å². The Bertz CT molecular complexity index is 2980. The molecule has 4 heterocycles. The second kappa shape index (κ2) is 11.6. The van der Waals surface area contributed by atoms with Gasteiger partial charge in [-0.25, -0.2) is 4.98 Å². The fourth-order valence-corrected chi connectivity index (χ4v) is 8.13. The number of hydrogen-bond acceptors (Lipinski definition) is 6. The number of aromatic nitrogens is 1. The number of furan rings is 2. The van der Waals surface area contributed by atoms with Gasteiger partial charge in [0.2, 0.25) is 5.71 Å².